The fourth-order valence-corrected chi connectivity index (χ4v) is 2.10. The molecule has 0 aliphatic rings. The Labute approximate surface area is 112 Å². The highest BCUT2D eigenvalue weighted by atomic mass is 16.5. The molecular weight excluding hydrogens is 242 g/mol. The van der Waals surface area contributed by atoms with Crippen molar-refractivity contribution in [3.8, 4) is 22.6 Å². The maximum atomic E-state index is 5.89. The van der Waals surface area contributed by atoms with Crippen molar-refractivity contribution in [1.29, 1.82) is 0 Å². The number of aromatic amines is 1. The van der Waals surface area contributed by atoms with E-state index in [9.17, 15) is 0 Å². The average molecular weight is 261 g/mol. The van der Waals surface area contributed by atoms with E-state index in [1.165, 1.54) is 0 Å². The Morgan fingerprint density at radius 1 is 1.11 bits per heavy atom. The summed E-state index contributed by atoms with van der Waals surface area (Å²) in [5, 5.41) is 6.69. The van der Waals surface area contributed by atoms with Crippen LogP contribution in [-0.4, -0.2) is 24.4 Å². The van der Waals surface area contributed by atoms with Gasteiger partial charge >= 0.3 is 0 Å². The third kappa shape index (κ3) is 2.36. The first-order valence-corrected chi connectivity index (χ1v) is 6.13. The van der Waals surface area contributed by atoms with Crippen LogP contribution in [-0.2, 0) is 0 Å². The minimum absolute atomic E-state index is 0.340. The van der Waals surface area contributed by atoms with Crippen LogP contribution >= 0.6 is 0 Å². The number of anilines is 1. The summed E-state index contributed by atoms with van der Waals surface area (Å²) in [6.07, 6.45) is 1.70. The monoisotopic (exact) mass is 261 g/mol. The highest BCUT2D eigenvalue weighted by molar-refractivity contribution is 5.79. The molecule has 0 fully saturated rings. The van der Waals surface area contributed by atoms with Gasteiger partial charge in [-0.1, -0.05) is 13.8 Å². The molecule has 0 radical (unpaired) electrons. The SMILES string of the molecule is COc1cc(OC)c(C(C)C)cc1-c1cn[nH]c1N. The molecule has 0 atom stereocenters. The first-order valence-electron chi connectivity index (χ1n) is 6.13. The summed E-state index contributed by atoms with van der Waals surface area (Å²) in [6, 6.07) is 3.93. The van der Waals surface area contributed by atoms with Crippen LogP contribution in [0.4, 0.5) is 5.82 Å². The van der Waals surface area contributed by atoms with E-state index in [1.54, 1.807) is 20.4 Å². The second-order valence-corrected chi connectivity index (χ2v) is 4.65. The maximum Gasteiger partial charge on any atom is 0.130 e. The summed E-state index contributed by atoms with van der Waals surface area (Å²) < 4.78 is 10.8. The van der Waals surface area contributed by atoms with Gasteiger partial charge in [0.2, 0.25) is 0 Å². The Bertz CT molecular complexity index is 576. The van der Waals surface area contributed by atoms with E-state index in [-0.39, 0.29) is 0 Å². The molecule has 2 rings (SSSR count). The van der Waals surface area contributed by atoms with Gasteiger partial charge in [0.25, 0.3) is 0 Å². The van der Waals surface area contributed by atoms with Crippen LogP contribution < -0.4 is 15.2 Å². The number of ether oxygens (including phenoxy) is 2. The standard InChI is InChI=1S/C14H19N3O2/c1-8(2)9-5-10(11-7-16-17-14(11)15)13(19-4)6-12(9)18-3/h5-8H,1-4H3,(H3,15,16,17). The van der Waals surface area contributed by atoms with Crippen molar-refractivity contribution < 1.29 is 9.47 Å². The molecule has 0 unspecified atom stereocenters. The Balaban J connectivity index is 2.66. The molecule has 2 aromatic rings. The second kappa shape index (κ2) is 5.22. The van der Waals surface area contributed by atoms with Crippen molar-refractivity contribution in [2.24, 2.45) is 0 Å². The van der Waals surface area contributed by atoms with Gasteiger partial charge in [-0.05, 0) is 17.5 Å². The van der Waals surface area contributed by atoms with Gasteiger partial charge in [0.15, 0.2) is 0 Å². The fraction of sp³-hybridized carbons (Fsp3) is 0.357. The van der Waals surface area contributed by atoms with Crippen molar-refractivity contribution in [3.63, 3.8) is 0 Å². The smallest absolute Gasteiger partial charge is 0.130 e. The van der Waals surface area contributed by atoms with Crippen LogP contribution in [0.1, 0.15) is 25.3 Å². The number of hydrogen-bond donors (Lipinski definition) is 2. The summed E-state index contributed by atoms with van der Waals surface area (Å²) >= 11 is 0. The third-order valence-corrected chi connectivity index (χ3v) is 3.13. The number of hydrogen-bond acceptors (Lipinski definition) is 4. The molecule has 0 spiro atoms. The number of nitrogen functional groups attached to an aromatic ring is 1. The lowest BCUT2D eigenvalue weighted by molar-refractivity contribution is 0.390. The van der Waals surface area contributed by atoms with Crippen LogP contribution in [0.3, 0.4) is 0 Å². The highest BCUT2D eigenvalue weighted by Crippen LogP contribution is 2.40. The maximum absolute atomic E-state index is 5.89. The Morgan fingerprint density at radius 3 is 2.26 bits per heavy atom. The van der Waals surface area contributed by atoms with Crippen LogP contribution in [0, 0.1) is 0 Å². The van der Waals surface area contributed by atoms with Crippen molar-refractivity contribution in [3.05, 3.63) is 23.9 Å². The van der Waals surface area contributed by atoms with Crippen LogP contribution in [0.5, 0.6) is 11.5 Å². The molecule has 0 amide bonds. The Morgan fingerprint density at radius 2 is 1.79 bits per heavy atom. The molecule has 0 aliphatic heterocycles. The largest absolute Gasteiger partial charge is 0.496 e. The molecule has 1 heterocycles. The van der Waals surface area contributed by atoms with Crippen molar-refractivity contribution in [2.45, 2.75) is 19.8 Å². The van der Waals surface area contributed by atoms with Gasteiger partial charge in [0.05, 0.1) is 20.4 Å². The lowest BCUT2D eigenvalue weighted by atomic mass is 9.96. The van der Waals surface area contributed by atoms with Crippen molar-refractivity contribution >= 4 is 5.82 Å². The van der Waals surface area contributed by atoms with E-state index in [2.05, 4.69) is 24.0 Å². The summed E-state index contributed by atoms with van der Waals surface area (Å²) in [5.41, 5.74) is 8.75. The number of nitrogens with two attached hydrogens (primary N) is 1. The molecule has 0 saturated carbocycles. The summed E-state index contributed by atoms with van der Waals surface area (Å²) in [7, 11) is 3.29. The van der Waals surface area contributed by atoms with Crippen molar-refractivity contribution in [2.75, 3.05) is 20.0 Å². The normalized spacial score (nSPS) is 10.8. The van der Waals surface area contributed by atoms with Gasteiger partial charge < -0.3 is 15.2 Å². The molecule has 1 aromatic heterocycles. The number of rotatable bonds is 4. The fourth-order valence-electron chi connectivity index (χ4n) is 2.10. The van der Waals surface area contributed by atoms with E-state index < -0.39 is 0 Å². The van der Waals surface area contributed by atoms with E-state index in [1.807, 2.05) is 12.1 Å². The van der Waals surface area contributed by atoms with Crippen LogP contribution in [0.2, 0.25) is 0 Å². The lowest BCUT2D eigenvalue weighted by Gasteiger charge is -2.16. The number of H-pyrrole nitrogens is 1. The van der Waals surface area contributed by atoms with Gasteiger partial charge in [-0.3, -0.25) is 5.10 Å². The summed E-state index contributed by atoms with van der Waals surface area (Å²) in [5.74, 6) is 2.40. The number of nitrogens with zero attached hydrogens (tertiary/aromatic N) is 1. The van der Waals surface area contributed by atoms with E-state index in [0.717, 1.165) is 22.4 Å². The average Bonchev–Trinajstić information content (AvgIpc) is 2.83. The molecule has 3 N–H and O–H groups in total. The minimum Gasteiger partial charge on any atom is -0.496 e. The zero-order valence-corrected chi connectivity index (χ0v) is 11.7. The van der Waals surface area contributed by atoms with Crippen LogP contribution in [0.15, 0.2) is 18.3 Å². The van der Waals surface area contributed by atoms with Gasteiger partial charge in [-0.2, -0.15) is 5.10 Å². The zero-order valence-electron chi connectivity index (χ0n) is 11.7. The van der Waals surface area contributed by atoms with Gasteiger partial charge in [0, 0.05) is 17.2 Å². The van der Waals surface area contributed by atoms with Crippen LogP contribution in [0.25, 0.3) is 11.1 Å². The number of aromatic nitrogens is 2. The van der Waals surface area contributed by atoms with E-state index >= 15 is 0 Å². The lowest BCUT2D eigenvalue weighted by Crippen LogP contribution is -1.98. The molecule has 0 aliphatic carbocycles. The highest BCUT2D eigenvalue weighted by Gasteiger charge is 2.17. The summed E-state index contributed by atoms with van der Waals surface area (Å²) in [4.78, 5) is 0. The second-order valence-electron chi connectivity index (χ2n) is 4.65. The van der Waals surface area contributed by atoms with E-state index in [0.29, 0.717) is 17.5 Å². The topological polar surface area (TPSA) is 73.2 Å². The minimum atomic E-state index is 0.340. The first-order chi connectivity index (χ1) is 9.08. The molecule has 0 bridgehead atoms. The predicted molar refractivity (Wildman–Crippen MR) is 75.6 cm³/mol. The molecule has 0 saturated heterocycles. The van der Waals surface area contributed by atoms with Gasteiger partial charge in [0.1, 0.15) is 17.3 Å². The quantitative estimate of drug-likeness (QED) is 0.887. The molecule has 5 heteroatoms. The van der Waals surface area contributed by atoms with Crippen molar-refractivity contribution in [1.82, 2.24) is 10.2 Å². The third-order valence-electron chi connectivity index (χ3n) is 3.13. The number of nitrogens with one attached hydrogen (secondary N) is 1. The Kier molecular flexibility index (Phi) is 3.64. The molecule has 102 valence electrons. The molecule has 19 heavy (non-hydrogen) atoms. The molecule has 1 aromatic carbocycles. The van der Waals surface area contributed by atoms with Gasteiger partial charge in [-0.15, -0.1) is 0 Å². The van der Waals surface area contributed by atoms with E-state index in [4.69, 9.17) is 15.2 Å². The first kappa shape index (κ1) is 13.3. The number of methoxy groups -OCH3 is 2. The Hall–Kier alpha value is -2.17. The summed E-state index contributed by atoms with van der Waals surface area (Å²) in [6.45, 7) is 4.24. The number of benzene rings is 1. The zero-order chi connectivity index (χ0) is 14.0. The predicted octanol–water partition coefficient (Wildman–Crippen LogP) is 2.80. The molecule has 5 nitrogen and oxygen atoms in total. The van der Waals surface area contributed by atoms with Gasteiger partial charge in [-0.25, -0.2) is 0 Å². The molecular formula is C14H19N3O2.